The average Bonchev–Trinajstić information content (AvgIpc) is 2.72. The molecule has 4 rings (SSSR count). The van der Waals surface area contributed by atoms with Crippen molar-refractivity contribution in [1.82, 2.24) is 4.90 Å². The molecule has 0 aromatic heterocycles. The Balaban J connectivity index is 1.45. The zero-order valence-corrected chi connectivity index (χ0v) is 17.2. The third-order valence-electron chi connectivity index (χ3n) is 5.83. The van der Waals surface area contributed by atoms with Crippen LogP contribution in [0.15, 0.2) is 60.7 Å². The zero-order valence-electron chi connectivity index (χ0n) is 17.2. The molecule has 0 radical (unpaired) electrons. The van der Waals surface area contributed by atoms with Crippen molar-refractivity contribution >= 4 is 28.1 Å². The fourth-order valence-electron chi connectivity index (χ4n) is 4.05. The maximum Gasteiger partial charge on any atom is 0.228 e. The van der Waals surface area contributed by atoms with E-state index in [1.54, 1.807) is 0 Å². The van der Waals surface area contributed by atoms with Crippen LogP contribution in [0.1, 0.15) is 24.0 Å². The first-order chi connectivity index (χ1) is 14.1. The van der Waals surface area contributed by atoms with Gasteiger partial charge in [0.25, 0.3) is 0 Å². The summed E-state index contributed by atoms with van der Waals surface area (Å²) < 4.78 is 0. The first-order valence-corrected chi connectivity index (χ1v) is 10.4. The number of fused-ring (bicyclic) bond motifs is 1. The number of carbonyl (C=O) groups is 1. The van der Waals surface area contributed by atoms with Crippen LogP contribution in [0.3, 0.4) is 0 Å². The number of benzene rings is 3. The van der Waals surface area contributed by atoms with Gasteiger partial charge in [-0.25, -0.2) is 0 Å². The van der Waals surface area contributed by atoms with Crippen LogP contribution >= 0.6 is 0 Å². The molecule has 4 heteroatoms. The lowest BCUT2D eigenvalue weighted by Gasteiger charge is -2.30. The zero-order chi connectivity index (χ0) is 20.2. The smallest absolute Gasteiger partial charge is 0.228 e. The van der Waals surface area contributed by atoms with Crippen LogP contribution in [0, 0.1) is 6.92 Å². The minimum absolute atomic E-state index is 0.0147. The average molecular weight is 388 g/mol. The van der Waals surface area contributed by atoms with E-state index in [-0.39, 0.29) is 5.91 Å². The van der Waals surface area contributed by atoms with Crippen LogP contribution in [0.2, 0.25) is 0 Å². The van der Waals surface area contributed by atoms with Gasteiger partial charge >= 0.3 is 0 Å². The lowest BCUT2D eigenvalue weighted by Crippen LogP contribution is -2.36. The van der Waals surface area contributed by atoms with Crippen molar-refractivity contribution in [3.63, 3.8) is 0 Å². The number of hydrogen-bond acceptors (Lipinski definition) is 3. The fraction of sp³-hybridized carbons (Fsp3) is 0.320. The lowest BCUT2D eigenvalue weighted by molar-refractivity contribution is -0.115. The van der Waals surface area contributed by atoms with Gasteiger partial charge in [-0.05, 0) is 73.9 Å². The number of carbonyl (C=O) groups excluding carboxylic acids is 1. The van der Waals surface area contributed by atoms with E-state index < -0.39 is 0 Å². The van der Waals surface area contributed by atoms with E-state index in [0.29, 0.717) is 12.5 Å². The Morgan fingerprint density at radius 3 is 2.62 bits per heavy atom. The summed E-state index contributed by atoms with van der Waals surface area (Å²) >= 11 is 0. The van der Waals surface area contributed by atoms with E-state index >= 15 is 0 Å². The Bertz CT molecular complexity index is 1000. The lowest BCUT2D eigenvalue weighted by atomic mass is 10.0. The Morgan fingerprint density at radius 1 is 1.03 bits per heavy atom. The third kappa shape index (κ3) is 4.77. The highest BCUT2D eigenvalue weighted by molar-refractivity contribution is 5.97. The van der Waals surface area contributed by atoms with E-state index in [2.05, 4.69) is 59.0 Å². The van der Waals surface area contributed by atoms with Crippen LogP contribution in [0.4, 0.5) is 11.4 Å². The molecule has 1 fully saturated rings. The van der Waals surface area contributed by atoms with E-state index in [9.17, 15) is 4.79 Å². The molecule has 0 aliphatic carbocycles. The van der Waals surface area contributed by atoms with Crippen molar-refractivity contribution in [3.05, 3.63) is 71.8 Å². The Labute approximate surface area is 172 Å². The summed E-state index contributed by atoms with van der Waals surface area (Å²) in [6, 6.07) is 21.1. The molecule has 3 aromatic carbocycles. The Morgan fingerprint density at radius 2 is 1.79 bits per heavy atom. The Kier molecular flexibility index (Phi) is 5.81. The van der Waals surface area contributed by atoms with E-state index in [4.69, 9.17) is 0 Å². The van der Waals surface area contributed by atoms with Crippen LogP contribution in [-0.4, -0.2) is 37.0 Å². The number of rotatable bonds is 5. The number of nitrogens with one attached hydrogen (secondary N) is 2. The predicted molar refractivity (Wildman–Crippen MR) is 122 cm³/mol. The van der Waals surface area contributed by atoms with Crippen LogP contribution in [-0.2, 0) is 11.2 Å². The van der Waals surface area contributed by atoms with Crippen molar-refractivity contribution in [3.8, 4) is 0 Å². The number of anilines is 2. The highest BCUT2D eigenvalue weighted by Crippen LogP contribution is 2.24. The second-order valence-corrected chi connectivity index (χ2v) is 8.11. The molecule has 29 heavy (non-hydrogen) atoms. The summed E-state index contributed by atoms with van der Waals surface area (Å²) in [5.41, 5.74) is 4.09. The second-order valence-electron chi connectivity index (χ2n) is 8.11. The van der Waals surface area contributed by atoms with Crippen molar-refractivity contribution in [2.24, 2.45) is 0 Å². The van der Waals surface area contributed by atoms with Gasteiger partial charge in [-0.15, -0.1) is 0 Å². The number of piperidine rings is 1. The molecule has 0 unspecified atom stereocenters. The largest absolute Gasteiger partial charge is 0.382 e. The van der Waals surface area contributed by atoms with Gasteiger partial charge in [0, 0.05) is 17.4 Å². The van der Waals surface area contributed by atoms with Crippen molar-refractivity contribution in [1.29, 1.82) is 0 Å². The van der Waals surface area contributed by atoms with Gasteiger partial charge in [0.05, 0.1) is 6.42 Å². The number of amides is 1. The molecule has 1 aliphatic heterocycles. The summed E-state index contributed by atoms with van der Waals surface area (Å²) in [7, 11) is 2.17. The standard InChI is InChI=1S/C25H29N3O/c1-18-10-11-22(26-21-12-14-28(2)15-13-21)17-24(18)27-25(29)16-20-8-5-7-19-6-3-4-9-23(19)20/h3-11,17,21,26H,12-16H2,1-2H3,(H,27,29). The minimum atomic E-state index is 0.0147. The van der Waals surface area contributed by atoms with Crippen LogP contribution in [0.5, 0.6) is 0 Å². The van der Waals surface area contributed by atoms with E-state index in [1.807, 2.05) is 31.2 Å². The summed E-state index contributed by atoms with van der Waals surface area (Å²) in [6.45, 7) is 4.28. The Hall–Kier alpha value is -2.85. The fourth-order valence-corrected chi connectivity index (χ4v) is 4.05. The molecule has 2 N–H and O–H groups in total. The number of likely N-dealkylation sites (tertiary alicyclic amines) is 1. The van der Waals surface area contributed by atoms with E-state index in [1.165, 1.54) is 5.39 Å². The van der Waals surface area contributed by atoms with Crippen molar-refractivity contribution in [2.75, 3.05) is 30.8 Å². The third-order valence-corrected chi connectivity index (χ3v) is 5.83. The van der Waals surface area contributed by atoms with Crippen molar-refractivity contribution in [2.45, 2.75) is 32.2 Å². The maximum absolute atomic E-state index is 12.8. The van der Waals surface area contributed by atoms with Gasteiger partial charge in [-0.2, -0.15) is 0 Å². The van der Waals surface area contributed by atoms with Gasteiger partial charge in [0.1, 0.15) is 0 Å². The predicted octanol–water partition coefficient (Wildman–Crippen LogP) is 4.84. The molecule has 0 spiro atoms. The van der Waals surface area contributed by atoms with Crippen LogP contribution in [0.25, 0.3) is 10.8 Å². The second kappa shape index (κ2) is 8.66. The molecule has 0 saturated carbocycles. The maximum atomic E-state index is 12.8. The molecule has 150 valence electrons. The van der Waals surface area contributed by atoms with Gasteiger partial charge in [-0.3, -0.25) is 4.79 Å². The summed E-state index contributed by atoms with van der Waals surface area (Å²) in [5.74, 6) is 0.0147. The molecule has 1 aliphatic rings. The number of hydrogen-bond donors (Lipinski definition) is 2. The first kappa shape index (κ1) is 19.5. The van der Waals surface area contributed by atoms with Crippen molar-refractivity contribution < 1.29 is 4.79 Å². The van der Waals surface area contributed by atoms with Gasteiger partial charge < -0.3 is 15.5 Å². The normalized spacial score (nSPS) is 15.4. The first-order valence-electron chi connectivity index (χ1n) is 10.4. The molecule has 1 heterocycles. The van der Waals surface area contributed by atoms with Gasteiger partial charge in [0.15, 0.2) is 0 Å². The van der Waals surface area contributed by atoms with Gasteiger partial charge in [-0.1, -0.05) is 48.5 Å². The highest BCUT2D eigenvalue weighted by atomic mass is 16.1. The molecule has 4 nitrogen and oxygen atoms in total. The number of aryl methyl sites for hydroxylation is 1. The quantitative estimate of drug-likeness (QED) is 0.659. The van der Waals surface area contributed by atoms with Gasteiger partial charge in [0.2, 0.25) is 5.91 Å². The molecular weight excluding hydrogens is 358 g/mol. The molecule has 1 amide bonds. The SMILES string of the molecule is Cc1ccc(NC2CCN(C)CC2)cc1NC(=O)Cc1cccc2ccccc12. The van der Waals surface area contributed by atoms with E-state index in [0.717, 1.165) is 53.8 Å². The number of nitrogens with zero attached hydrogens (tertiary/aromatic N) is 1. The summed E-state index contributed by atoms with van der Waals surface area (Å²) in [5, 5.41) is 9.06. The molecule has 0 atom stereocenters. The summed E-state index contributed by atoms with van der Waals surface area (Å²) in [4.78, 5) is 15.1. The monoisotopic (exact) mass is 387 g/mol. The molecule has 1 saturated heterocycles. The topological polar surface area (TPSA) is 44.4 Å². The molecule has 3 aromatic rings. The minimum Gasteiger partial charge on any atom is -0.382 e. The molecular formula is C25H29N3O. The molecule has 0 bridgehead atoms. The van der Waals surface area contributed by atoms with Crippen LogP contribution < -0.4 is 10.6 Å². The highest BCUT2D eigenvalue weighted by Gasteiger charge is 2.17. The summed E-state index contributed by atoms with van der Waals surface area (Å²) in [6.07, 6.45) is 2.66.